The fourth-order valence-corrected chi connectivity index (χ4v) is 2.29. The van der Waals surface area contributed by atoms with Gasteiger partial charge < -0.3 is 20.1 Å². The SMILES string of the molecule is COc1cc(/C=C/C(=O)N(C)Cc2ccc(F)cc2)ccc1OCC(N)=O. The van der Waals surface area contributed by atoms with Crippen LogP contribution < -0.4 is 15.2 Å². The van der Waals surface area contributed by atoms with Gasteiger partial charge in [-0.15, -0.1) is 0 Å². The summed E-state index contributed by atoms with van der Waals surface area (Å²) in [6.45, 7) is 0.116. The second-order valence-corrected chi connectivity index (χ2v) is 5.82. The van der Waals surface area contributed by atoms with Crippen molar-refractivity contribution in [1.29, 1.82) is 0 Å². The Morgan fingerprint density at radius 3 is 2.48 bits per heavy atom. The van der Waals surface area contributed by atoms with Crippen LogP contribution in [0.4, 0.5) is 4.39 Å². The van der Waals surface area contributed by atoms with E-state index in [1.54, 1.807) is 43.5 Å². The molecule has 142 valence electrons. The quantitative estimate of drug-likeness (QED) is 0.722. The highest BCUT2D eigenvalue weighted by Gasteiger charge is 2.08. The Balaban J connectivity index is 2.01. The Labute approximate surface area is 157 Å². The summed E-state index contributed by atoms with van der Waals surface area (Å²) < 4.78 is 23.4. The lowest BCUT2D eigenvalue weighted by atomic mass is 10.1. The molecule has 0 aromatic heterocycles. The van der Waals surface area contributed by atoms with Crippen LogP contribution in [0.5, 0.6) is 11.5 Å². The van der Waals surface area contributed by atoms with Gasteiger partial charge in [-0.3, -0.25) is 9.59 Å². The highest BCUT2D eigenvalue weighted by atomic mass is 19.1. The zero-order valence-electron chi connectivity index (χ0n) is 15.1. The van der Waals surface area contributed by atoms with Crippen LogP contribution in [-0.2, 0) is 16.1 Å². The predicted octanol–water partition coefficient (Wildman–Crippen LogP) is 2.37. The minimum Gasteiger partial charge on any atom is -0.493 e. The summed E-state index contributed by atoms with van der Waals surface area (Å²) in [6, 6.07) is 11.0. The number of benzene rings is 2. The van der Waals surface area contributed by atoms with Gasteiger partial charge in [-0.2, -0.15) is 0 Å². The fraction of sp³-hybridized carbons (Fsp3) is 0.200. The number of nitrogens with zero attached hydrogens (tertiary/aromatic N) is 1. The Hall–Kier alpha value is -3.35. The zero-order chi connectivity index (χ0) is 19.8. The number of likely N-dealkylation sites (N-methyl/N-ethyl adjacent to an activating group) is 1. The molecule has 0 spiro atoms. The number of ether oxygens (including phenoxy) is 2. The van der Waals surface area contributed by atoms with E-state index in [-0.39, 0.29) is 18.3 Å². The Bertz CT molecular complexity index is 834. The molecule has 0 saturated heterocycles. The van der Waals surface area contributed by atoms with Gasteiger partial charge in [-0.05, 0) is 41.5 Å². The van der Waals surface area contributed by atoms with Gasteiger partial charge in [0.1, 0.15) is 5.82 Å². The van der Waals surface area contributed by atoms with Crippen molar-refractivity contribution in [2.24, 2.45) is 5.73 Å². The lowest BCUT2D eigenvalue weighted by molar-refractivity contribution is -0.125. The zero-order valence-corrected chi connectivity index (χ0v) is 15.1. The third-order valence-electron chi connectivity index (χ3n) is 3.69. The van der Waals surface area contributed by atoms with Crippen molar-refractivity contribution in [3.8, 4) is 11.5 Å². The number of halogens is 1. The number of nitrogens with two attached hydrogens (primary N) is 1. The van der Waals surface area contributed by atoms with Crippen molar-refractivity contribution in [3.05, 3.63) is 65.5 Å². The molecule has 0 aliphatic rings. The number of amides is 2. The third-order valence-corrected chi connectivity index (χ3v) is 3.69. The smallest absolute Gasteiger partial charge is 0.255 e. The average molecular weight is 372 g/mol. The van der Waals surface area contributed by atoms with Gasteiger partial charge in [0.05, 0.1) is 7.11 Å². The molecule has 0 fully saturated rings. The van der Waals surface area contributed by atoms with Crippen molar-refractivity contribution in [2.75, 3.05) is 20.8 Å². The molecule has 2 N–H and O–H groups in total. The first-order valence-corrected chi connectivity index (χ1v) is 8.16. The second kappa shape index (κ2) is 9.38. The maximum absolute atomic E-state index is 12.9. The molecule has 0 bridgehead atoms. The Morgan fingerprint density at radius 1 is 1.15 bits per heavy atom. The molecule has 0 aliphatic heterocycles. The van der Waals surface area contributed by atoms with Crippen LogP contribution in [0.3, 0.4) is 0 Å². The third kappa shape index (κ3) is 6.14. The molecule has 0 radical (unpaired) electrons. The first kappa shape index (κ1) is 20.0. The molecule has 6 nitrogen and oxygen atoms in total. The predicted molar refractivity (Wildman–Crippen MR) is 99.6 cm³/mol. The van der Waals surface area contributed by atoms with E-state index < -0.39 is 5.91 Å². The highest BCUT2D eigenvalue weighted by Crippen LogP contribution is 2.28. The van der Waals surface area contributed by atoms with Crippen molar-refractivity contribution < 1.29 is 23.5 Å². The van der Waals surface area contributed by atoms with Crippen molar-refractivity contribution in [1.82, 2.24) is 4.90 Å². The van der Waals surface area contributed by atoms with Crippen LogP contribution in [0.2, 0.25) is 0 Å². The van der Waals surface area contributed by atoms with Gasteiger partial charge in [0.15, 0.2) is 18.1 Å². The maximum atomic E-state index is 12.9. The molecule has 0 saturated carbocycles. The van der Waals surface area contributed by atoms with E-state index in [1.807, 2.05) is 0 Å². The molecule has 2 rings (SSSR count). The molecule has 0 heterocycles. The number of hydrogen-bond donors (Lipinski definition) is 1. The van der Waals surface area contributed by atoms with Gasteiger partial charge in [-0.1, -0.05) is 18.2 Å². The number of carbonyl (C=O) groups excluding carboxylic acids is 2. The van der Waals surface area contributed by atoms with Crippen LogP contribution in [0, 0.1) is 5.82 Å². The molecule has 7 heteroatoms. The van der Waals surface area contributed by atoms with E-state index >= 15 is 0 Å². The molecule has 0 atom stereocenters. The summed E-state index contributed by atoms with van der Waals surface area (Å²) >= 11 is 0. The number of carbonyl (C=O) groups is 2. The topological polar surface area (TPSA) is 81.9 Å². The summed E-state index contributed by atoms with van der Waals surface area (Å²) in [5, 5.41) is 0. The molecular weight excluding hydrogens is 351 g/mol. The lowest BCUT2D eigenvalue weighted by Gasteiger charge is -2.15. The number of hydrogen-bond acceptors (Lipinski definition) is 4. The van der Waals surface area contributed by atoms with E-state index in [9.17, 15) is 14.0 Å². The van der Waals surface area contributed by atoms with E-state index in [0.29, 0.717) is 18.0 Å². The normalized spacial score (nSPS) is 10.6. The standard InChI is InChI=1S/C20H21FN2O4/c1-23(12-15-3-7-16(21)8-4-15)20(25)10-6-14-5-9-17(18(11-14)26-2)27-13-19(22)24/h3-11H,12-13H2,1-2H3,(H2,22,24)/b10-6+. The summed E-state index contributed by atoms with van der Waals surface area (Å²) in [5.74, 6) is -0.299. The van der Waals surface area contributed by atoms with Gasteiger partial charge in [0.25, 0.3) is 5.91 Å². The minimum absolute atomic E-state index is 0.202. The number of primary amides is 1. The summed E-state index contributed by atoms with van der Waals surface area (Å²) in [6.07, 6.45) is 3.08. The largest absolute Gasteiger partial charge is 0.493 e. The molecule has 0 unspecified atom stereocenters. The maximum Gasteiger partial charge on any atom is 0.255 e. The Kier molecular flexibility index (Phi) is 6.93. The molecule has 27 heavy (non-hydrogen) atoms. The number of methoxy groups -OCH3 is 1. The van der Waals surface area contributed by atoms with Crippen LogP contribution in [-0.4, -0.2) is 37.5 Å². The molecular formula is C20H21FN2O4. The second-order valence-electron chi connectivity index (χ2n) is 5.82. The summed E-state index contributed by atoms with van der Waals surface area (Å²) in [5.41, 5.74) is 6.61. The van der Waals surface area contributed by atoms with Crippen LogP contribution in [0.1, 0.15) is 11.1 Å². The van der Waals surface area contributed by atoms with E-state index in [1.165, 1.54) is 30.2 Å². The van der Waals surface area contributed by atoms with Gasteiger partial charge in [-0.25, -0.2) is 4.39 Å². The number of rotatable bonds is 8. The average Bonchev–Trinajstić information content (AvgIpc) is 2.66. The summed E-state index contributed by atoms with van der Waals surface area (Å²) in [7, 11) is 3.14. The first-order valence-electron chi connectivity index (χ1n) is 8.16. The van der Waals surface area contributed by atoms with Crippen LogP contribution in [0.15, 0.2) is 48.5 Å². The van der Waals surface area contributed by atoms with Crippen LogP contribution in [0.25, 0.3) is 6.08 Å². The van der Waals surface area contributed by atoms with Crippen LogP contribution >= 0.6 is 0 Å². The van der Waals surface area contributed by atoms with E-state index in [4.69, 9.17) is 15.2 Å². The molecule has 2 aromatic carbocycles. The van der Waals surface area contributed by atoms with E-state index in [2.05, 4.69) is 0 Å². The van der Waals surface area contributed by atoms with Gasteiger partial charge >= 0.3 is 0 Å². The van der Waals surface area contributed by atoms with Gasteiger partial charge in [0, 0.05) is 19.7 Å². The highest BCUT2D eigenvalue weighted by molar-refractivity contribution is 5.91. The van der Waals surface area contributed by atoms with E-state index in [0.717, 1.165) is 11.1 Å². The minimum atomic E-state index is -0.587. The lowest BCUT2D eigenvalue weighted by Crippen LogP contribution is -2.24. The van der Waals surface area contributed by atoms with Crippen molar-refractivity contribution in [3.63, 3.8) is 0 Å². The van der Waals surface area contributed by atoms with Crippen molar-refractivity contribution in [2.45, 2.75) is 6.54 Å². The monoisotopic (exact) mass is 372 g/mol. The molecule has 2 amide bonds. The Morgan fingerprint density at radius 2 is 1.85 bits per heavy atom. The van der Waals surface area contributed by atoms with Crippen molar-refractivity contribution >= 4 is 17.9 Å². The molecule has 2 aromatic rings. The molecule has 0 aliphatic carbocycles. The summed E-state index contributed by atoms with van der Waals surface area (Å²) in [4.78, 5) is 24.6. The first-order chi connectivity index (χ1) is 12.9. The van der Waals surface area contributed by atoms with Gasteiger partial charge in [0.2, 0.25) is 5.91 Å². The fourth-order valence-electron chi connectivity index (χ4n) is 2.29.